The zero-order valence-electron chi connectivity index (χ0n) is 16.1. The Morgan fingerprint density at radius 3 is 2.59 bits per heavy atom. The lowest BCUT2D eigenvalue weighted by Crippen LogP contribution is -2.28. The van der Waals surface area contributed by atoms with Crippen molar-refractivity contribution < 1.29 is 13.9 Å². The van der Waals surface area contributed by atoms with Gasteiger partial charge in [-0.25, -0.2) is 4.39 Å². The number of rotatable bonds is 7. The molecule has 1 amide bonds. The topological polar surface area (TPSA) is 69.0 Å². The number of pyridine rings is 1. The van der Waals surface area contributed by atoms with Crippen molar-refractivity contribution in [2.45, 2.75) is 38.3 Å². The van der Waals surface area contributed by atoms with Crippen LogP contribution in [0.1, 0.15) is 37.4 Å². The number of carbonyl (C=O) groups is 1. The Balaban J connectivity index is 1.40. The number of benzene rings is 1. The summed E-state index contributed by atoms with van der Waals surface area (Å²) in [7, 11) is 0. The van der Waals surface area contributed by atoms with Crippen LogP contribution in [0.15, 0.2) is 54.9 Å². The van der Waals surface area contributed by atoms with Crippen molar-refractivity contribution in [2.24, 2.45) is 0 Å². The number of hydrogen-bond acceptors (Lipinski definition) is 4. The Hall–Kier alpha value is -3.22. The van der Waals surface area contributed by atoms with Crippen molar-refractivity contribution in [2.75, 3.05) is 6.61 Å². The van der Waals surface area contributed by atoms with Crippen LogP contribution in [0.5, 0.6) is 5.75 Å². The molecule has 0 unspecified atom stereocenters. The first-order valence-corrected chi connectivity index (χ1v) is 9.83. The monoisotopic (exact) mass is 394 g/mol. The first-order valence-electron chi connectivity index (χ1n) is 9.83. The molecule has 29 heavy (non-hydrogen) atoms. The number of carbonyl (C=O) groups excluding carboxylic acids is 1. The predicted octanol–water partition coefficient (Wildman–Crippen LogP) is 3.89. The average Bonchev–Trinajstić information content (AvgIpc) is 3.42. The van der Waals surface area contributed by atoms with Gasteiger partial charge in [0.2, 0.25) is 0 Å². The third-order valence-electron chi connectivity index (χ3n) is 5.08. The van der Waals surface area contributed by atoms with Gasteiger partial charge < -0.3 is 10.1 Å². The first kappa shape index (κ1) is 19.1. The van der Waals surface area contributed by atoms with E-state index in [0.29, 0.717) is 18.3 Å². The second-order valence-corrected chi connectivity index (χ2v) is 7.16. The second kappa shape index (κ2) is 8.86. The molecule has 0 bridgehead atoms. The van der Waals surface area contributed by atoms with Gasteiger partial charge in [-0.15, -0.1) is 0 Å². The van der Waals surface area contributed by atoms with Crippen LogP contribution in [0, 0.1) is 5.82 Å². The molecule has 4 rings (SSSR count). The van der Waals surface area contributed by atoms with E-state index in [9.17, 15) is 9.18 Å². The number of amides is 1. The number of ether oxygens (including phenoxy) is 1. The molecule has 0 radical (unpaired) electrons. The third kappa shape index (κ3) is 4.80. The average molecular weight is 394 g/mol. The highest BCUT2D eigenvalue weighted by molar-refractivity contribution is 5.77. The van der Waals surface area contributed by atoms with E-state index in [0.717, 1.165) is 29.8 Å². The highest BCUT2D eigenvalue weighted by Gasteiger charge is 2.22. The van der Waals surface area contributed by atoms with E-state index < -0.39 is 0 Å². The number of hydrogen-bond donors (Lipinski definition) is 1. The number of nitrogens with zero attached hydrogens (tertiary/aromatic N) is 3. The van der Waals surface area contributed by atoms with Gasteiger partial charge in [-0.05, 0) is 55.3 Å². The van der Waals surface area contributed by atoms with Gasteiger partial charge in [0.25, 0.3) is 5.91 Å². The minimum atomic E-state index is -0.343. The van der Waals surface area contributed by atoms with Gasteiger partial charge in [-0.2, -0.15) is 5.10 Å². The lowest BCUT2D eigenvalue weighted by Gasteiger charge is -2.14. The molecule has 0 atom stereocenters. The number of halogens is 1. The van der Waals surface area contributed by atoms with Crippen molar-refractivity contribution in [1.82, 2.24) is 20.1 Å². The lowest BCUT2D eigenvalue weighted by atomic mass is 10.1. The van der Waals surface area contributed by atoms with Gasteiger partial charge >= 0.3 is 0 Å². The fourth-order valence-electron chi connectivity index (χ4n) is 3.62. The van der Waals surface area contributed by atoms with E-state index in [1.54, 1.807) is 12.4 Å². The molecule has 1 saturated carbocycles. The Morgan fingerprint density at radius 1 is 1.14 bits per heavy atom. The van der Waals surface area contributed by atoms with Gasteiger partial charge in [-0.3, -0.25) is 14.5 Å². The van der Waals surface area contributed by atoms with Crippen molar-refractivity contribution in [3.05, 3.63) is 66.4 Å². The molecular formula is C22H23FN4O2. The molecular weight excluding hydrogens is 371 g/mol. The van der Waals surface area contributed by atoms with Gasteiger partial charge in [-0.1, -0.05) is 12.8 Å². The Labute approximate surface area is 168 Å². The summed E-state index contributed by atoms with van der Waals surface area (Å²) in [4.78, 5) is 16.2. The molecule has 1 aliphatic carbocycles. The van der Waals surface area contributed by atoms with E-state index >= 15 is 0 Å². The van der Waals surface area contributed by atoms with Crippen LogP contribution in [0.4, 0.5) is 4.39 Å². The molecule has 3 aromatic rings. The third-order valence-corrected chi connectivity index (χ3v) is 5.08. The number of nitrogens with one attached hydrogen (secondary N) is 1. The summed E-state index contributed by atoms with van der Waals surface area (Å²) >= 11 is 0. The standard InChI is InChI=1S/C22H23FN4O2/c23-17-5-7-20(8-6-17)29-15-22(28)25-14-18-13-21(16-9-11-24-12-10-16)27(26-18)19-3-1-2-4-19/h5-13,19H,1-4,14-15H2,(H,25,28). The molecule has 2 aromatic heterocycles. The maximum Gasteiger partial charge on any atom is 0.258 e. The predicted molar refractivity (Wildman–Crippen MR) is 107 cm³/mol. The molecule has 1 fully saturated rings. The minimum Gasteiger partial charge on any atom is -0.484 e. The molecule has 0 aliphatic heterocycles. The minimum absolute atomic E-state index is 0.133. The Morgan fingerprint density at radius 2 is 1.86 bits per heavy atom. The van der Waals surface area contributed by atoms with E-state index in [1.165, 1.54) is 37.1 Å². The molecule has 150 valence electrons. The van der Waals surface area contributed by atoms with Crippen LogP contribution in [0.25, 0.3) is 11.3 Å². The maximum atomic E-state index is 12.9. The fourth-order valence-corrected chi connectivity index (χ4v) is 3.62. The molecule has 1 aliphatic rings. The highest BCUT2D eigenvalue weighted by Crippen LogP contribution is 2.33. The van der Waals surface area contributed by atoms with Crippen molar-refractivity contribution in [1.29, 1.82) is 0 Å². The summed E-state index contributed by atoms with van der Waals surface area (Å²) in [5.41, 5.74) is 2.92. The Bertz CT molecular complexity index is 951. The van der Waals surface area contributed by atoms with E-state index in [4.69, 9.17) is 9.84 Å². The molecule has 0 saturated heterocycles. The lowest BCUT2D eigenvalue weighted by molar-refractivity contribution is -0.123. The number of aromatic nitrogens is 3. The zero-order valence-corrected chi connectivity index (χ0v) is 16.1. The summed E-state index contributed by atoms with van der Waals surface area (Å²) < 4.78 is 20.4. The normalized spacial score (nSPS) is 14.1. The molecule has 1 N–H and O–H groups in total. The largest absolute Gasteiger partial charge is 0.484 e. The van der Waals surface area contributed by atoms with Gasteiger partial charge in [0, 0.05) is 18.0 Å². The second-order valence-electron chi connectivity index (χ2n) is 7.16. The van der Waals surface area contributed by atoms with E-state index in [-0.39, 0.29) is 18.3 Å². The SMILES string of the molecule is O=C(COc1ccc(F)cc1)NCc1cc(-c2ccncc2)n(C2CCCC2)n1. The quantitative estimate of drug-likeness (QED) is 0.660. The first-order chi connectivity index (χ1) is 14.2. The van der Waals surface area contributed by atoms with Crippen LogP contribution >= 0.6 is 0 Å². The summed E-state index contributed by atoms with van der Waals surface area (Å²) in [5.74, 6) is -0.146. The summed E-state index contributed by atoms with van der Waals surface area (Å²) in [6.45, 7) is 0.190. The highest BCUT2D eigenvalue weighted by atomic mass is 19.1. The molecule has 0 spiro atoms. The van der Waals surface area contributed by atoms with Crippen molar-refractivity contribution in [3.63, 3.8) is 0 Å². The zero-order chi connectivity index (χ0) is 20.1. The fraction of sp³-hybridized carbons (Fsp3) is 0.318. The maximum absolute atomic E-state index is 12.9. The van der Waals surface area contributed by atoms with Crippen LogP contribution in [-0.4, -0.2) is 27.3 Å². The van der Waals surface area contributed by atoms with Crippen LogP contribution in [0.2, 0.25) is 0 Å². The summed E-state index contributed by atoms with van der Waals surface area (Å²) in [6, 6.07) is 11.9. The molecule has 6 nitrogen and oxygen atoms in total. The van der Waals surface area contributed by atoms with E-state index in [1.807, 2.05) is 18.2 Å². The Kier molecular flexibility index (Phi) is 5.84. The van der Waals surface area contributed by atoms with Gasteiger partial charge in [0.1, 0.15) is 11.6 Å². The van der Waals surface area contributed by atoms with Crippen molar-refractivity contribution in [3.8, 4) is 17.0 Å². The van der Waals surface area contributed by atoms with Crippen LogP contribution in [0.3, 0.4) is 0 Å². The van der Waals surface area contributed by atoms with Crippen molar-refractivity contribution >= 4 is 5.91 Å². The van der Waals surface area contributed by atoms with E-state index in [2.05, 4.69) is 15.0 Å². The van der Waals surface area contributed by atoms with Crippen LogP contribution < -0.4 is 10.1 Å². The summed E-state index contributed by atoms with van der Waals surface area (Å²) in [5, 5.41) is 7.60. The van der Waals surface area contributed by atoms with Gasteiger partial charge in [0.15, 0.2) is 6.61 Å². The molecule has 2 heterocycles. The van der Waals surface area contributed by atoms with Crippen LogP contribution in [-0.2, 0) is 11.3 Å². The molecule has 7 heteroatoms. The van der Waals surface area contributed by atoms with Gasteiger partial charge in [0.05, 0.1) is 24.0 Å². The summed E-state index contributed by atoms with van der Waals surface area (Å²) in [6.07, 6.45) is 8.22. The smallest absolute Gasteiger partial charge is 0.258 e. The molecule has 1 aromatic carbocycles.